The molecule has 2 aromatic carbocycles. The molecule has 1 fully saturated rings. The quantitative estimate of drug-likeness (QED) is 0.296. The minimum absolute atomic E-state index is 0.0363. The van der Waals surface area contributed by atoms with Crippen molar-refractivity contribution in [2.75, 3.05) is 11.9 Å². The van der Waals surface area contributed by atoms with Crippen LogP contribution in [0.2, 0.25) is 0 Å². The number of anilines is 1. The Hall–Kier alpha value is -4.18. The summed E-state index contributed by atoms with van der Waals surface area (Å²) in [4.78, 5) is 48.8. The van der Waals surface area contributed by atoms with Gasteiger partial charge in [-0.3, -0.25) is 29.4 Å². The average molecular weight is 477 g/mol. The standard InChI is InChI=1S/C24H19N3O6S/c1-14-9-15(2)11-17(10-14)25-22(28)13-26-23(29)21(34-24(26)30)12-19-7-8-20(33-19)16-3-5-18(6-4-16)27(31)32/h3-12H,13H2,1-2H3,(H,25,28)/b21-12+. The van der Waals surface area contributed by atoms with Crippen molar-refractivity contribution in [1.82, 2.24) is 4.90 Å². The number of rotatable bonds is 6. The fraction of sp³-hybridized carbons (Fsp3) is 0.125. The van der Waals surface area contributed by atoms with Crippen LogP contribution in [0, 0.1) is 24.0 Å². The number of carbonyl (C=O) groups is 3. The van der Waals surface area contributed by atoms with Gasteiger partial charge in [-0.15, -0.1) is 0 Å². The Balaban J connectivity index is 1.44. The van der Waals surface area contributed by atoms with Gasteiger partial charge < -0.3 is 9.73 Å². The van der Waals surface area contributed by atoms with Gasteiger partial charge in [0.25, 0.3) is 16.8 Å². The van der Waals surface area contributed by atoms with Crippen LogP contribution in [0.1, 0.15) is 16.9 Å². The molecular formula is C24H19N3O6S. The first-order chi connectivity index (χ1) is 16.2. The van der Waals surface area contributed by atoms with Crippen molar-refractivity contribution in [2.24, 2.45) is 0 Å². The van der Waals surface area contributed by atoms with E-state index < -0.39 is 28.5 Å². The summed E-state index contributed by atoms with van der Waals surface area (Å²) in [7, 11) is 0. The zero-order valence-corrected chi connectivity index (χ0v) is 19.0. The third-order valence-electron chi connectivity index (χ3n) is 4.94. The van der Waals surface area contributed by atoms with Gasteiger partial charge in [0.05, 0.1) is 9.83 Å². The van der Waals surface area contributed by atoms with Crippen molar-refractivity contribution >= 4 is 46.3 Å². The van der Waals surface area contributed by atoms with Crippen molar-refractivity contribution in [3.63, 3.8) is 0 Å². The van der Waals surface area contributed by atoms with Gasteiger partial charge in [0.1, 0.15) is 18.1 Å². The van der Waals surface area contributed by atoms with Crippen LogP contribution in [0.25, 0.3) is 17.4 Å². The van der Waals surface area contributed by atoms with Gasteiger partial charge in [0, 0.05) is 29.5 Å². The lowest BCUT2D eigenvalue weighted by atomic mass is 10.1. The highest BCUT2D eigenvalue weighted by atomic mass is 32.2. The van der Waals surface area contributed by atoms with Crippen LogP contribution in [-0.2, 0) is 9.59 Å². The number of nitrogens with one attached hydrogen (secondary N) is 1. The first kappa shape index (κ1) is 23.0. The molecule has 0 spiro atoms. The third-order valence-corrected chi connectivity index (χ3v) is 5.85. The molecule has 0 radical (unpaired) electrons. The summed E-state index contributed by atoms with van der Waals surface area (Å²) in [5.74, 6) is -0.280. The highest BCUT2D eigenvalue weighted by molar-refractivity contribution is 8.18. The Morgan fingerprint density at radius 2 is 1.76 bits per heavy atom. The molecule has 172 valence electrons. The number of nitro groups is 1. The molecule has 1 aliphatic rings. The Kier molecular flexibility index (Phi) is 6.33. The maximum atomic E-state index is 12.7. The van der Waals surface area contributed by atoms with E-state index in [0.717, 1.165) is 27.8 Å². The monoisotopic (exact) mass is 477 g/mol. The number of carbonyl (C=O) groups excluding carboxylic acids is 3. The molecule has 1 N–H and O–H groups in total. The molecule has 2 heterocycles. The minimum Gasteiger partial charge on any atom is -0.457 e. The summed E-state index contributed by atoms with van der Waals surface area (Å²) in [5.41, 5.74) is 3.15. The van der Waals surface area contributed by atoms with Crippen LogP contribution in [0.3, 0.4) is 0 Å². The largest absolute Gasteiger partial charge is 0.457 e. The Labute approximate surface area is 198 Å². The van der Waals surface area contributed by atoms with E-state index in [-0.39, 0.29) is 10.6 Å². The van der Waals surface area contributed by atoms with E-state index in [2.05, 4.69) is 5.32 Å². The lowest BCUT2D eigenvalue weighted by Gasteiger charge is -2.13. The van der Waals surface area contributed by atoms with Crippen LogP contribution in [0.5, 0.6) is 0 Å². The fourth-order valence-electron chi connectivity index (χ4n) is 3.49. The second kappa shape index (κ2) is 9.36. The van der Waals surface area contributed by atoms with E-state index in [1.54, 1.807) is 36.4 Å². The molecule has 3 amide bonds. The van der Waals surface area contributed by atoms with Crippen molar-refractivity contribution in [3.8, 4) is 11.3 Å². The molecule has 4 rings (SSSR count). The highest BCUT2D eigenvalue weighted by Crippen LogP contribution is 2.33. The fourth-order valence-corrected chi connectivity index (χ4v) is 4.31. The summed E-state index contributed by atoms with van der Waals surface area (Å²) >= 11 is 0.724. The zero-order valence-electron chi connectivity index (χ0n) is 18.2. The van der Waals surface area contributed by atoms with E-state index in [1.807, 2.05) is 19.9 Å². The van der Waals surface area contributed by atoms with Crippen molar-refractivity contribution < 1.29 is 23.7 Å². The number of amides is 3. The van der Waals surface area contributed by atoms with Gasteiger partial charge in [-0.2, -0.15) is 0 Å². The Morgan fingerprint density at radius 1 is 1.09 bits per heavy atom. The molecule has 0 unspecified atom stereocenters. The summed E-state index contributed by atoms with van der Waals surface area (Å²) in [6.45, 7) is 3.42. The maximum absolute atomic E-state index is 12.7. The van der Waals surface area contributed by atoms with E-state index >= 15 is 0 Å². The normalized spacial score (nSPS) is 14.6. The smallest absolute Gasteiger partial charge is 0.294 e. The highest BCUT2D eigenvalue weighted by Gasteiger charge is 2.36. The molecule has 1 aliphatic heterocycles. The van der Waals surface area contributed by atoms with E-state index in [1.165, 1.54) is 18.2 Å². The molecule has 3 aromatic rings. The van der Waals surface area contributed by atoms with Crippen molar-refractivity contribution in [1.29, 1.82) is 0 Å². The summed E-state index contributed by atoms with van der Waals surface area (Å²) < 4.78 is 5.71. The molecule has 9 nitrogen and oxygen atoms in total. The maximum Gasteiger partial charge on any atom is 0.294 e. The Bertz CT molecular complexity index is 1320. The molecule has 10 heteroatoms. The van der Waals surface area contributed by atoms with E-state index in [9.17, 15) is 24.5 Å². The van der Waals surface area contributed by atoms with Crippen LogP contribution < -0.4 is 5.32 Å². The number of hydrogen-bond donors (Lipinski definition) is 1. The number of thioether (sulfide) groups is 1. The first-order valence-electron chi connectivity index (χ1n) is 10.2. The summed E-state index contributed by atoms with van der Waals surface area (Å²) in [6.07, 6.45) is 1.43. The number of nitro benzene ring substituents is 1. The minimum atomic E-state index is -0.584. The number of furan rings is 1. The number of benzene rings is 2. The van der Waals surface area contributed by atoms with E-state index in [4.69, 9.17) is 4.42 Å². The summed E-state index contributed by atoms with van der Waals surface area (Å²) in [5, 5.41) is 13.0. The zero-order chi connectivity index (χ0) is 24.4. The number of imide groups is 1. The summed E-state index contributed by atoms with van der Waals surface area (Å²) in [6, 6.07) is 14.7. The average Bonchev–Trinajstić information content (AvgIpc) is 3.33. The molecular weight excluding hydrogens is 458 g/mol. The topological polar surface area (TPSA) is 123 Å². The molecule has 0 aliphatic carbocycles. The van der Waals surface area contributed by atoms with Crippen molar-refractivity contribution in [3.05, 3.63) is 86.5 Å². The molecule has 0 atom stereocenters. The first-order valence-corrected chi connectivity index (χ1v) is 11.0. The number of aryl methyl sites for hydroxylation is 2. The van der Waals surface area contributed by atoms with Crippen LogP contribution in [0.4, 0.5) is 16.2 Å². The van der Waals surface area contributed by atoms with Crippen molar-refractivity contribution in [2.45, 2.75) is 13.8 Å². The molecule has 0 saturated carbocycles. The SMILES string of the molecule is Cc1cc(C)cc(NC(=O)CN2C(=O)S/C(=C/c3ccc(-c4ccc([N+](=O)[O-])cc4)o3)C2=O)c1. The van der Waals surface area contributed by atoms with Gasteiger partial charge >= 0.3 is 0 Å². The van der Waals surface area contributed by atoms with Crippen LogP contribution >= 0.6 is 11.8 Å². The van der Waals surface area contributed by atoms with Gasteiger partial charge in [0.15, 0.2) is 0 Å². The van der Waals surface area contributed by atoms with Crippen LogP contribution in [0.15, 0.2) is 63.9 Å². The van der Waals surface area contributed by atoms with Gasteiger partial charge in [0.2, 0.25) is 5.91 Å². The number of hydrogen-bond acceptors (Lipinski definition) is 7. The lowest BCUT2D eigenvalue weighted by Crippen LogP contribution is -2.36. The molecule has 34 heavy (non-hydrogen) atoms. The van der Waals surface area contributed by atoms with Gasteiger partial charge in [-0.25, -0.2) is 0 Å². The second-order valence-corrected chi connectivity index (χ2v) is 8.69. The third kappa shape index (κ3) is 5.07. The predicted molar refractivity (Wildman–Crippen MR) is 128 cm³/mol. The van der Waals surface area contributed by atoms with Gasteiger partial charge in [-0.1, -0.05) is 6.07 Å². The number of nitrogens with zero attached hydrogens (tertiary/aromatic N) is 2. The number of non-ortho nitro benzene ring substituents is 1. The Morgan fingerprint density at radius 3 is 2.41 bits per heavy atom. The predicted octanol–water partition coefficient (Wildman–Crippen LogP) is 5.15. The molecule has 0 bridgehead atoms. The lowest BCUT2D eigenvalue weighted by molar-refractivity contribution is -0.384. The van der Waals surface area contributed by atoms with E-state index in [0.29, 0.717) is 22.8 Å². The molecule has 1 aromatic heterocycles. The van der Waals surface area contributed by atoms with Crippen LogP contribution in [-0.4, -0.2) is 33.4 Å². The second-order valence-electron chi connectivity index (χ2n) is 7.70. The van der Waals surface area contributed by atoms with Gasteiger partial charge in [-0.05, 0) is 73.1 Å². The molecule has 1 saturated heterocycles.